The topological polar surface area (TPSA) is 56.1 Å². The zero-order valence-electron chi connectivity index (χ0n) is 24.5. The van der Waals surface area contributed by atoms with Crippen LogP contribution in [0.25, 0.3) is 10.9 Å². The molecule has 6 nitrogen and oxygen atoms in total. The van der Waals surface area contributed by atoms with Crippen LogP contribution in [0.2, 0.25) is 0 Å². The van der Waals surface area contributed by atoms with Crippen molar-refractivity contribution in [2.24, 2.45) is 7.05 Å². The average Bonchev–Trinajstić information content (AvgIpc) is 3.22. The van der Waals surface area contributed by atoms with E-state index >= 15 is 0 Å². The first-order valence-corrected chi connectivity index (χ1v) is 13.1. The first-order valence-electron chi connectivity index (χ1n) is 13.1. The van der Waals surface area contributed by atoms with Crippen LogP contribution in [-0.4, -0.2) is 56.0 Å². The van der Waals surface area contributed by atoms with E-state index in [2.05, 4.69) is 75.3 Å². The van der Waals surface area contributed by atoms with Gasteiger partial charge < -0.3 is 28.8 Å². The van der Waals surface area contributed by atoms with Gasteiger partial charge in [-0.3, -0.25) is 0 Å². The summed E-state index contributed by atoms with van der Waals surface area (Å²) in [6.45, 7) is 9.56. The van der Waals surface area contributed by atoms with E-state index < -0.39 is 0 Å². The minimum absolute atomic E-state index is 0.212. The van der Waals surface area contributed by atoms with E-state index in [0.29, 0.717) is 6.42 Å². The number of fused-ring (bicyclic) bond motifs is 1. The summed E-state index contributed by atoms with van der Waals surface area (Å²) < 4.78 is 17.7. The van der Waals surface area contributed by atoms with Crippen molar-refractivity contribution in [3.05, 3.63) is 102 Å². The number of nitrogens with zero attached hydrogens (tertiary/aromatic N) is 2. The Hall–Kier alpha value is -3.90. The van der Waals surface area contributed by atoms with Gasteiger partial charge in [0.2, 0.25) is 0 Å². The fourth-order valence-electron chi connectivity index (χ4n) is 3.85. The number of hydrogen-bond acceptors (Lipinski definition) is 5. The van der Waals surface area contributed by atoms with Gasteiger partial charge in [0.25, 0.3) is 0 Å². The first kappa shape index (κ1) is 31.3. The van der Waals surface area contributed by atoms with Crippen LogP contribution < -0.4 is 14.2 Å². The van der Waals surface area contributed by atoms with E-state index in [1.54, 1.807) is 14.2 Å². The Morgan fingerprint density at radius 2 is 1.44 bits per heavy atom. The molecular weight excluding hydrogens is 488 g/mol. The van der Waals surface area contributed by atoms with E-state index in [-0.39, 0.29) is 5.76 Å². The molecule has 39 heavy (non-hydrogen) atoms. The molecule has 1 aromatic heterocycles. The summed E-state index contributed by atoms with van der Waals surface area (Å²) in [4.78, 5) is 2.17. The van der Waals surface area contributed by atoms with Crippen LogP contribution in [0.4, 0.5) is 0 Å². The maximum absolute atomic E-state index is 9.24. The van der Waals surface area contributed by atoms with Gasteiger partial charge in [-0.25, -0.2) is 0 Å². The van der Waals surface area contributed by atoms with Gasteiger partial charge in [-0.05, 0) is 88.5 Å². The van der Waals surface area contributed by atoms with Gasteiger partial charge in [-0.2, -0.15) is 0 Å². The van der Waals surface area contributed by atoms with Crippen LogP contribution in [0.3, 0.4) is 0 Å². The molecule has 0 saturated carbocycles. The highest BCUT2D eigenvalue weighted by Crippen LogP contribution is 2.23. The maximum Gasteiger partial charge on any atom is 0.119 e. The van der Waals surface area contributed by atoms with Crippen molar-refractivity contribution in [2.75, 3.05) is 41.5 Å². The second-order valence-corrected chi connectivity index (χ2v) is 9.64. The Bertz CT molecular complexity index is 1250. The molecule has 0 aliphatic heterocycles. The van der Waals surface area contributed by atoms with Crippen molar-refractivity contribution in [3.63, 3.8) is 0 Å². The van der Waals surface area contributed by atoms with Crippen LogP contribution in [0.5, 0.6) is 17.2 Å². The summed E-state index contributed by atoms with van der Waals surface area (Å²) in [5, 5.41) is 10.4. The Morgan fingerprint density at radius 3 is 1.95 bits per heavy atom. The van der Waals surface area contributed by atoms with Crippen LogP contribution in [0, 0.1) is 13.8 Å². The molecule has 0 atom stereocenters. The van der Waals surface area contributed by atoms with Gasteiger partial charge in [-0.15, -0.1) is 0 Å². The molecule has 0 saturated heterocycles. The summed E-state index contributed by atoms with van der Waals surface area (Å²) in [6.07, 6.45) is 1.60. The highest BCUT2D eigenvalue weighted by molar-refractivity contribution is 5.85. The van der Waals surface area contributed by atoms with E-state index in [1.807, 2.05) is 48.5 Å². The standard InChI is InChI=1S/C13H15NO.C12H19NO.C8H10O2/c1-9-7-12-11(8-10(2)15)5-4-6-13(12)14(9)3;1-11-5-7-12(8-6-11)14-10-4-9-13(2)3;1-9-7-3-5-8(10-2)6-4-7/h4-7,15H,2,8H2,1,3H3;5-8H,4,9-10H2,1-3H3;3-6H,1-2H3. The highest BCUT2D eigenvalue weighted by Gasteiger charge is 2.07. The smallest absolute Gasteiger partial charge is 0.119 e. The van der Waals surface area contributed by atoms with Gasteiger partial charge in [-0.1, -0.05) is 36.4 Å². The molecular formula is C33H44N2O4. The van der Waals surface area contributed by atoms with E-state index in [9.17, 15) is 5.11 Å². The lowest BCUT2D eigenvalue weighted by Gasteiger charge is -2.10. The SMILES string of the molecule is C=C(O)Cc1cccc2c1cc(C)n2C.COc1ccc(OC)cc1.Cc1ccc(OCCCN(C)C)cc1. The fourth-order valence-corrected chi connectivity index (χ4v) is 3.85. The number of hydrogen-bond donors (Lipinski definition) is 1. The molecule has 1 heterocycles. The summed E-state index contributed by atoms with van der Waals surface area (Å²) >= 11 is 0. The van der Waals surface area contributed by atoms with Crippen LogP contribution in [0.1, 0.15) is 23.2 Å². The molecule has 210 valence electrons. The molecule has 0 spiro atoms. The Labute approximate surface area is 234 Å². The molecule has 0 aliphatic rings. The van der Waals surface area contributed by atoms with Gasteiger partial charge in [0.05, 0.1) is 26.6 Å². The summed E-state index contributed by atoms with van der Waals surface area (Å²) in [7, 11) is 9.48. The summed E-state index contributed by atoms with van der Waals surface area (Å²) in [5.41, 5.74) is 4.82. The van der Waals surface area contributed by atoms with E-state index in [4.69, 9.17) is 14.2 Å². The molecule has 1 N–H and O–H groups in total. The van der Waals surface area contributed by atoms with Crippen LogP contribution in [-0.2, 0) is 13.5 Å². The largest absolute Gasteiger partial charge is 0.513 e. The average molecular weight is 533 g/mol. The van der Waals surface area contributed by atoms with Crippen molar-refractivity contribution in [3.8, 4) is 17.2 Å². The molecule has 0 aliphatic carbocycles. The third-order valence-corrected chi connectivity index (χ3v) is 6.15. The number of aliphatic hydroxyl groups is 1. The zero-order valence-corrected chi connectivity index (χ0v) is 24.5. The van der Waals surface area contributed by atoms with E-state index in [0.717, 1.165) is 42.4 Å². The monoisotopic (exact) mass is 532 g/mol. The second kappa shape index (κ2) is 16.1. The van der Waals surface area contributed by atoms with Gasteiger partial charge in [0.15, 0.2) is 0 Å². The molecule has 3 aromatic carbocycles. The molecule has 4 aromatic rings. The highest BCUT2D eigenvalue weighted by atomic mass is 16.5. The predicted molar refractivity (Wildman–Crippen MR) is 163 cm³/mol. The van der Waals surface area contributed by atoms with Gasteiger partial charge in [0.1, 0.15) is 17.2 Å². The number of aromatic nitrogens is 1. The van der Waals surface area contributed by atoms with Crippen molar-refractivity contribution in [2.45, 2.75) is 26.7 Å². The van der Waals surface area contributed by atoms with Gasteiger partial charge in [0, 0.05) is 36.6 Å². The third-order valence-electron chi connectivity index (χ3n) is 6.15. The normalized spacial score (nSPS) is 10.3. The Balaban J connectivity index is 0.000000210. The van der Waals surface area contributed by atoms with E-state index in [1.165, 1.54) is 22.2 Å². The quantitative estimate of drug-likeness (QED) is 0.184. The maximum atomic E-state index is 9.24. The number of allylic oxidation sites excluding steroid dienone is 1. The van der Waals surface area contributed by atoms with Crippen LogP contribution in [0.15, 0.2) is 85.1 Å². The van der Waals surface area contributed by atoms with Crippen molar-refractivity contribution < 1.29 is 19.3 Å². The number of aryl methyl sites for hydroxylation is 3. The first-order chi connectivity index (χ1) is 18.6. The molecule has 0 bridgehead atoms. The second-order valence-electron chi connectivity index (χ2n) is 9.64. The molecule has 4 rings (SSSR count). The summed E-state index contributed by atoms with van der Waals surface area (Å²) in [5.74, 6) is 2.87. The predicted octanol–water partition coefficient (Wildman–Crippen LogP) is 7.13. The molecule has 0 amide bonds. The number of rotatable bonds is 9. The summed E-state index contributed by atoms with van der Waals surface area (Å²) in [6, 6.07) is 23.9. The minimum atomic E-state index is 0.212. The zero-order chi connectivity index (χ0) is 28.8. The van der Waals surface area contributed by atoms with Gasteiger partial charge >= 0.3 is 0 Å². The van der Waals surface area contributed by atoms with Crippen molar-refractivity contribution in [1.29, 1.82) is 0 Å². The molecule has 0 unspecified atom stereocenters. The number of benzene rings is 3. The number of ether oxygens (including phenoxy) is 3. The van der Waals surface area contributed by atoms with Crippen molar-refractivity contribution >= 4 is 10.9 Å². The Morgan fingerprint density at radius 1 is 0.872 bits per heavy atom. The molecule has 0 radical (unpaired) electrons. The third kappa shape index (κ3) is 10.8. The van der Waals surface area contributed by atoms with Crippen LogP contribution >= 0.6 is 0 Å². The van der Waals surface area contributed by atoms with Crippen molar-refractivity contribution in [1.82, 2.24) is 9.47 Å². The number of aliphatic hydroxyl groups excluding tert-OH is 1. The lowest BCUT2D eigenvalue weighted by molar-refractivity contribution is 0.281. The lowest BCUT2D eigenvalue weighted by Crippen LogP contribution is -2.15. The Kier molecular flexibility index (Phi) is 13.0. The minimum Gasteiger partial charge on any atom is -0.513 e. The molecule has 0 fully saturated rings. The fraction of sp³-hybridized carbons (Fsp3) is 0.333. The molecule has 6 heteroatoms. The number of methoxy groups -OCH3 is 2. The lowest BCUT2D eigenvalue weighted by atomic mass is 10.1.